The third-order valence-corrected chi connectivity index (χ3v) is 5.95. The van der Waals surface area contributed by atoms with Crippen molar-refractivity contribution in [2.24, 2.45) is 0 Å². The van der Waals surface area contributed by atoms with E-state index in [9.17, 15) is 9.59 Å². The lowest BCUT2D eigenvalue weighted by Crippen LogP contribution is -2.36. The van der Waals surface area contributed by atoms with Gasteiger partial charge < -0.3 is 19.7 Å². The van der Waals surface area contributed by atoms with Gasteiger partial charge in [-0.15, -0.1) is 0 Å². The number of methoxy groups -OCH3 is 1. The molecule has 1 saturated heterocycles. The van der Waals surface area contributed by atoms with Gasteiger partial charge in [0.1, 0.15) is 4.88 Å². The fourth-order valence-corrected chi connectivity index (χ4v) is 4.45. The van der Waals surface area contributed by atoms with Crippen molar-refractivity contribution < 1.29 is 19.1 Å². The van der Waals surface area contributed by atoms with Crippen LogP contribution in [0, 0.1) is 0 Å². The number of esters is 1. The van der Waals surface area contributed by atoms with Crippen LogP contribution in [0.15, 0.2) is 24.3 Å². The van der Waals surface area contributed by atoms with Crippen molar-refractivity contribution >= 4 is 45.5 Å². The van der Waals surface area contributed by atoms with Crippen molar-refractivity contribution in [1.29, 1.82) is 0 Å². The Morgan fingerprint density at radius 1 is 1.36 bits per heavy atom. The quantitative estimate of drug-likeness (QED) is 0.770. The number of nitrogens with one attached hydrogen (secondary N) is 1. The van der Waals surface area contributed by atoms with Crippen LogP contribution in [0.1, 0.15) is 31.3 Å². The summed E-state index contributed by atoms with van der Waals surface area (Å²) in [6.45, 7) is 3.04. The Morgan fingerprint density at radius 3 is 2.89 bits per heavy atom. The van der Waals surface area contributed by atoms with E-state index in [4.69, 9.17) is 26.1 Å². The number of thiazole rings is 1. The van der Waals surface area contributed by atoms with Crippen LogP contribution in [0.2, 0.25) is 5.02 Å². The minimum Gasteiger partial charge on any atom is -0.465 e. The molecule has 146 valence electrons. The molecular formula is C19H18ClN3O4S. The molecule has 2 aliphatic heterocycles. The van der Waals surface area contributed by atoms with Crippen molar-refractivity contribution in [3.63, 3.8) is 0 Å². The van der Waals surface area contributed by atoms with E-state index in [1.807, 2.05) is 6.08 Å². The van der Waals surface area contributed by atoms with Crippen molar-refractivity contribution in [3.8, 4) is 0 Å². The highest BCUT2D eigenvalue weighted by Crippen LogP contribution is 2.36. The second-order valence-electron chi connectivity index (χ2n) is 6.28. The minimum atomic E-state index is -0.493. The molecule has 7 nitrogen and oxygen atoms in total. The fraction of sp³-hybridized carbons (Fsp3) is 0.316. The van der Waals surface area contributed by atoms with Gasteiger partial charge in [0, 0.05) is 30.2 Å². The Labute approximate surface area is 170 Å². The van der Waals surface area contributed by atoms with E-state index in [-0.39, 0.29) is 5.91 Å². The number of carbonyl (C=O) groups excluding carboxylic acids is 2. The first kappa shape index (κ1) is 18.9. The first-order valence-corrected chi connectivity index (χ1v) is 9.98. The molecule has 1 aromatic heterocycles. The first-order chi connectivity index (χ1) is 13.6. The van der Waals surface area contributed by atoms with E-state index < -0.39 is 5.97 Å². The molecule has 28 heavy (non-hydrogen) atoms. The molecule has 2 aliphatic rings. The van der Waals surface area contributed by atoms with Gasteiger partial charge in [0.2, 0.25) is 0 Å². The van der Waals surface area contributed by atoms with Crippen LogP contribution in [0.5, 0.6) is 0 Å². The number of amides is 1. The number of ether oxygens (including phenoxy) is 2. The SMILES string of the molecule is COC(=O)c1cc(Cl)ccc1C1=CCNC(=O)c2sc(N3CCOCC3)nc21. The molecule has 1 amide bonds. The molecule has 0 bridgehead atoms. The maximum absolute atomic E-state index is 12.6. The van der Waals surface area contributed by atoms with Gasteiger partial charge in [-0.1, -0.05) is 35.1 Å². The summed E-state index contributed by atoms with van der Waals surface area (Å²) in [5, 5.41) is 4.06. The molecular weight excluding hydrogens is 402 g/mol. The number of anilines is 1. The van der Waals surface area contributed by atoms with E-state index >= 15 is 0 Å². The highest BCUT2D eigenvalue weighted by molar-refractivity contribution is 7.17. The normalized spacial score (nSPS) is 16.7. The third-order valence-electron chi connectivity index (χ3n) is 4.60. The number of morpholine rings is 1. The molecule has 4 rings (SSSR count). The Hall–Kier alpha value is -2.42. The highest BCUT2D eigenvalue weighted by Gasteiger charge is 2.28. The van der Waals surface area contributed by atoms with Crippen LogP contribution >= 0.6 is 22.9 Å². The monoisotopic (exact) mass is 419 g/mol. The lowest BCUT2D eigenvalue weighted by molar-refractivity contribution is 0.0600. The number of aromatic nitrogens is 1. The zero-order valence-electron chi connectivity index (χ0n) is 15.2. The summed E-state index contributed by atoms with van der Waals surface area (Å²) in [4.78, 5) is 32.3. The molecule has 0 atom stereocenters. The van der Waals surface area contributed by atoms with Crippen LogP contribution in [0.25, 0.3) is 5.57 Å². The maximum Gasteiger partial charge on any atom is 0.338 e. The zero-order valence-corrected chi connectivity index (χ0v) is 16.7. The maximum atomic E-state index is 12.6. The number of hydrogen-bond donors (Lipinski definition) is 1. The van der Waals surface area contributed by atoms with Gasteiger partial charge in [-0.25, -0.2) is 9.78 Å². The Bertz CT molecular complexity index is 966. The van der Waals surface area contributed by atoms with Gasteiger partial charge in [-0.2, -0.15) is 0 Å². The summed E-state index contributed by atoms with van der Waals surface area (Å²) in [5.41, 5.74) is 2.24. The minimum absolute atomic E-state index is 0.174. The summed E-state index contributed by atoms with van der Waals surface area (Å²) in [6, 6.07) is 5.03. The number of fused-ring (bicyclic) bond motifs is 1. The molecule has 0 radical (unpaired) electrons. The van der Waals surface area contributed by atoms with Gasteiger partial charge in [0.05, 0.1) is 31.6 Å². The van der Waals surface area contributed by atoms with E-state index in [1.54, 1.807) is 18.2 Å². The van der Waals surface area contributed by atoms with E-state index in [1.165, 1.54) is 18.4 Å². The van der Waals surface area contributed by atoms with Gasteiger partial charge >= 0.3 is 5.97 Å². The van der Waals surface area contributed by atoms with Gasteiger partial charge in [0.15, 0.2) is 5.13 Å². The van der Waals surface area contributed by atoms with Crippen LogP contribution in [-0.2, 0) is 9.47 Å². The number of nitrogens with zero attached hydrogens (tertiary/aromatic N) is 2. The van der Waals surface area contributed by atoms with Crippen molar-refractivity contribution in [1.82, 2.24) is 10.3 Å². The molecule has 1 aromatic carbocycles. The Morgan fingerprint density at radius 2 is 2.14 bits per heavy atom. The van der Waals surface area contributed by atoms with Crippen LogP contribution in [0.3, 0.4) is 0 Å². The Kier molecular flexibility index (Phi) is 5.34. The molecule has 0 saturated carbocycles. The van der Waals surface area contributed by atoms with Gasteiger partial charge in [0.25, 0.3) is 5.91 Å². The zero-order chi connectivity index (χ0) is 19.7. The largest absolute Gasteiger partial charge is 0.465 e. The summed E-state index contributed by atoms with van der Waals surface area (Å²) >= 11 is 7.44. The number of benzene rings is 1. The second kappa shape index (κ2) is 7.90. The summed E-state index contributed by atoms with van der Waals surface area (Å²) in [5.74, 6) is -0.668. The van der Waals surface area contributed by atoms with E-state index in [0.717, 1.165) is 18.2 Å². The summed E-state index contributed by atoms with van der Waals surface area (Å²) < 4.78 is 10.3. The van der Waals surface area contributed by atoms with Crippen LogP contribution in [-0.4, -0.2) is 56.8 Å². The second-order valence-corrected chi connectivity index (χ2v) is 7.70. The number of halogens is 1. The number of rotatable bonds is 3. The van der Waals surface area contributed by atoms with E-state index in [0.29, 0.717) is 52.1 Å². The molecule has 0 aliphatic carbocycles. The highest BCUT2D eigenvalue weighted by atomic mass is 35.5. The van der Waals surface area contributed by atoms with Crippen LogP contribution in [0.4, 0.5) is 5.13 Å². The smallest absolute Gasteiger partial charge is 0.338 e. The average Bonchev–Trinajstić information content (AvgIpc) is 3.10. The van der Waals surface area contributed by atoms with Crippen LogP contribution < -0.4 is 10.2 Å². The van der Waals surface area contributed by atoms with E-state index in [2.05, 4.69) is 10.2 Å². The molecule has 0 unspecified atom stereocenters. The summed E-state index contributed by atoms with van der Waals surface area (Å²) in [6.07, 6.45) is 1.86. The fourth-order valence-electron chi connectivity index (χ4n) is 3.23. The lowest BCUT2D eigenvalue weighted by Gasteiger charge is -2.26. The molecule has 2 aromatic rings. The average molecular weight is 420 g/mol. The van der Waals surface area contributed by atoms with Gasteiger partial charge in [-0.3, -0.25) is 4.79 Å². The molecule has 0 spiro atoms. The van der Waals surface area contributed by atoms with Gasteiger partial charge in [-0.05, 0) is 17.7 Å². The Balaban J connectivity index is 1.83. The topological polar surface area (TPSA) is 80.8 Å². The molecule has 1 fully saturated rings. The molecule has 9 heteroatoms. The molecule has 1 N–H and O–H groups in total. The van der Waals surface area contributed by atoms with Crippen molar-refractivity contribution in [3.05, 3.63) is 51.0 Å². The first-order valence-electron chi connectivity index (χ1n) is 8.79. The standard InChI is InChI=1S/C19H18ClN3O4S/c1-26-18(25)14-10-11(20)2-3-12(14)13-4-5-21-17(24)16-15(13)22-19(28-16)23-6-8-27-9-7-23/h2-4,10H,5-9H2,1H3,(H,21,24). The number of hydrogen-bond acceptors (Lipinski definition) is 7. The predicted molar refractivity (Wildman–Crippen MR) is 107 cm³/mol. The molecule has 3 heterocycles. The van der Waals surface area contributed by atoms with Crippen molar-refractivity contribution in [2.45, 2.75) is 0 Å². The predicted octanol–water partition coefficient (Wildman–Crippen LogP) is 2.59. The summed E-state index contributed by atoms with van der Waals surface area (Å²) in [7, 11) is 1.32. The number of carbonyl (C=O) groups is 2. The third kappa shape index (κ3) is 3.50. The lowest BCUT2D eigenvalue weighted by atomic mass is 9.96. The van der Waals surface area contributed by atoms with Crippen molar-refractivity contribution in [2.75, 3.05) is 44.9 Å².